The number of carboxylic acids is 1. The van der Waals surface area contributed by atoms with Crippen LogP contribution in [0.1, 0.15) is 44.1 Å². The summed E-state index contributed by atoms with van der Waals surface area (Å²) in [6, 6.07) is 3.34. The van der Waals surface area contributed by atoms with E-state index < -0.39 is 47.9 Å². The van der Waals surface area contributed by atoms with Crippen LogP contribution < -0.4 is 38.9 Å². The molecule has 0 aliphatic heterocycles. The Hall–Kier alpha value is -3.82. The molecule has 238 valence electrons. The quantitative estimate of drug-likeness (QED) is 0.0522. The van der Waals surface area contributed by atoms with Crippen molar-refractivity contribution in [3.8, 4) is 0 Å². The molecule has 0 bridgehead atoms. The fourth-order valence-corrected chi connectivity index (χ4v) is 4.94. The Morgan fingerprint density at radius 2 is 1.58 bits per heavy atom. The minimum atomic E-state index is -1.24. The number of aromatic amines is 1. The van der Waals surface area contributed by atoms with E-state index in [4.69, 9.17) is 22.9 Å². The maximum absolute atomic E-state index is 13.6. The standard InChI is InChI=1S/C28H45N9O5S/c1-43-14-11-19(30)24(38)35-21(9-4-5-12-29)25(39)37-23(15-17-16-34-20-8-3-2-7-18(17)20)26(40)36-22(27(41)42)10-6-13-33-28(31)32/h2-3,7-8,16,19,21-23,34H,4-6,9-15,29-30H2,1H3,(H,35,38)(H,36,40)(H,37,39)(H,41,42)(H4,31,32,33). The summed E-state index contributed by atoms with van der Waals surface area (Å²) in [4.78, 5) is 58.8. The largest absolute Gasteiger partial charge is 0.480 e. The number of rotatable bonds is 20. The van der Waals surface area contributed by atoms with Crippen molar-refractivity contribution in [3.63, 3.8) is 0 Å². The Morgan fingerprint density at radius 3 is 2.26 bits per heavy atom. The van der Waals surface area contributed by atoms with E-state index in [0.717, 1.165) is 16.5 Å². The number of aliphatic imine (C=N–C) groups is 1. The van der Waals surface area contributed by atoms with Crippen LogP contribution in [0.2, 0.25) is 0 Å². The number of carbonyl (C=O) groups excluding carboxylic acids is 3. The number of amides is 3. The highest BCUT2D eigenvalue weighted by Gasteiger charge is 2.31. The van der Waals surface area contributed by atoms with Crippen LogP contribution in [0, 0.1) is 0 Å². The summed E-state index contributed by atoms with van der Waals surface area (Å²) in [6.45, 7) is 0.613. The van der Waals surface area contributed by atoms with E-state index in [1.807, 2.05) is 30.5 Å². The summed E-state index contributed by atoms with van der Waals surface area (Å²) in [5.74, 6) is -2.40. The number of nitrogens with zero attached hydrogens (tertiary/aromatic N) is 1. The molecule has 14 nitrogen and oxygen atoms in total. The summed E-state index contributed by atoms with van der Waals surface area (Å²) in [6.07, 6.45) is 6.01. The smallest absolute Gasteiger partial charge is 0.326 e. The topological polar surface area (TPSA) is 257 Å². The molecule has 0 radical (unpaired) electrons. The van der Waals surface area contributed by atoms with Gasteiger partial charge < -0.3 is 49.0 Å². The van der Waals surface area contributed by atoms with Crippen LogP contribution in [0.5, 0.6) is 0 Å². The summed E-state index contributed by atoms with van der Waals surface area (Å²) in [7, 11) is 0. The average molecular weight is 620 g/mol. The van der Waals surface area contributed by atoms with Crippen LogP contribution in [0.15, 0.2) is 35.5 Å². The number of aromatic nitrogens is 1. The van der Waals surface area contributed by atoms with Crippen LogP contribution >= 0.6 is 11.8 Å². The number of thioether (sulfide) groups is 1. The number of unbranched alkanes of at least 4 members (excludes halogenated alkanes) is 1. The van der Waals surface area contributed by atoms with Gasteiger partial charge in [0.2, 0.25) is 17.7 Å². The summed E-state index contributed by atoms with van der Waals surface area (Å²) in [5, 5.41) is 18.6. The molecule has 0 spiro atoms. The van der Waals surface area contributed by atoms with Crippen molar-refractivity contribution < 1.29 is 24.3 Å². The first-order chi connectivity index (χ1) is 20.6. The van der Waals surface area contributed by atoms with Crippen molar-refractivity contribution in [2.75, 3.05) is 25.1 Å². The number of fused-ring (bicyclic) bond motifs is 1. The van der Waals surface area contributed by atoms with E-state index in [2.05, 4.69) is 25.9 Å². The number of nitrogens with one attached hydrogen (secondary N) is 4. The summed E-state index contributed by atoms with van der Waals surface area (Å²) in [5.41, 5.74) is 23.9. The third-order valence-electron chi connectivity index (χ3n) is 6.84. The van der Waals surface area contributed by atoms with Gasteiger partial charge in [0.15, 0.2) is 5.96 Å². The third-order valence-corrected chi connectivity index (χ3v) is 7.49. The van der Waals surface area contributed by atoms with Crippen molar-refractivity contribution in [1.29, 1.82) is 0 Å². The zero-order valence-corrected chi connectivity index (χ0v) is 25.3. The van der Waals surface area contributed by atoms with Gasteiger partial charge in [0.05, 0.1) is 6.04 Å². The van der Waals surface area contributed by atoms with E-state index in [-0.39, 0.29) is 31.8 Å². The molecule has 0 saturated heterocycles. The van der Waals surface area contributed by atoms with Crippen LogP contribution in [-0.2, 0) is 25.6 Å². The van der Waals surface area contributed by atoms with Crippen molar-refractivity contribution in [2.24, 2.45) is 27.9 Å². The monoisotopic (exact) mass is 619 g/mol. The minimum Gasteiger partial charge on any atom is -0.480 e. The molecule has 2 rings (SSSR count). The highest BCUT2D eigenvalue weighted by atomic mass is 32.2. The highest BCUT2D eigenvalue weighted by molar-refractivity contribution is 7.98. The average Bonchev–Trinajstić information content (AvgIpc) is 3.38. The van der Waals surface area contributed by atoms with Gasteiger partial charge >= 0.3 is 5.97 Å². The number of guanidine groups is 1. The van der Waals surface area contributed by atoms with E-state index >= 15 is 0 Å². The molecular formula is C28H45N9O5S. The van der Waals surface area contributed by atoms with Crippen molar-refractivity contribution >= 4 is 52.3 Å². The molecule has 15 heteroatoms. The molecule has 0 fully saturated rings. The molecular weight excluding hydrogens is 574 g/mol. The Bertz CT molecular complexity index is 1230. The molecule has 1 aromatic carbocycles. The van der Waals surface area contributed by atoms with Crippen LogP contribution in [0.4, 0.5) is 0 Å². The molecule has 3 amide bonds. The predicted octanol–water partition coefficient (Wildman–Crippen LogP) is -0.488. The first-order valence-corrected chi connectivity index (χ1v) is 15.7. The number of benzene rings is 1. The van der Waals surface area contributed by atoms with E-state index in [1.165, 1.54) is 0 Å². The lowest BCUT2D eigenvalue weighted by atomic mass is 10.0. The summed E-state index contributed by atoms with van der Waals surface area (Å²) >= 11 is 1.56. The normalized spacial score (nSPS) is 13.8. The van der Waals surface area contributed by atoms with Crippen molar-refractivity contribution in [2.45, 2.75) is 69.1 Å². The molecule has 4 unspecified atom stereocenters. The SMILES string of the molecule is CSCCC(N)C(=O)NC(CCCCN)C(=O)NC(Cc1c[nH]c2ccccc12)C(=O)NC(CCCN=C(N)N)C(=O)O. The molecule has 0 aliphatic carbocycles. The maximum Gasteiger partial charge on any atom is 0.326 e. The fraction of sp³-hybridized carbons (Fsp3) is 0.536. The Kier molecular flexibility index (Phi) is 15.4. The number of aliphatic carboxylic acids is 1. The number of carbonyl (C=O) groups is 4. The van der Waals surface area contributed by atoms with Gasteiger partial charge in [0.25, 0.3) is 0 Å². The lowest BCUT2D eigenvalue weighted by molar-refractivity contribution is -0.142. The Balaban J connectivity index is 2.28. The molecule has 1 heterocycles. The summed E-state index contributed by atoms with van der Waals surface area (Å²) < 4.78 is 0. The molecule has 0 saturated carbocycles. The van der Waals surface area contributed by atoms with Gasteiger partial charge in [-0.05, 0) is 68.7 Å². The van der Waals surface area contributed by atoms with Crippen molar-refractivity contribution in [3.05, 3.63) is 36.0 Å². The van der Waals surface area contributed by atoms with Crippen LogP contribution in [-0.4, -0.2) is 89.0 Å². The number of hydrogen-bond acceptors (Lipinski definition) is 8. The molecule has 13 N–H and O–H groups in total. The predicted molar refractivity (Wildman–Crippen MR) is 169 cm³/mol. The minimum absolute atomic E-state index is 0.0668. The highest BCUT2D eigenvalue weighted by Crippen LogP contribution is 2.19. The lowest BCUT2D eigenvalue weighted by Crippen LogP contribution is -2.57. The van der Waals surface area contributed by atoms with Gasteiger partial charge in [-0.1, -0.05) is 18.2 Å². The van der Waals surface area contributed by atoms with Crippen molar-refractivity contribution in [1.82, 2.24) is 20.9 Å². The molecule has 2 aromatic rings. The molecule has 4 atom stereocenters. The zero-order chi connectivity index (χ0) is 31.8. The molecule has 1 aromatic heterocycles. The second-order valence-corrected chi connectivity index (χ2v) is 11.2. The maximum atomic E-state index is 13.6. The second kappa shape index (κ2) is 18.7. The van der Waals surface area contributed by atoms with Gasteiger partial charge in [0.1, 0.15) is 18.1 Å². The fourth-order valence-electron chi connectivity index (χ4n) is 4.45. The lowest BCUT2D eigenvalue weighted by Gasteiger charge is -2.25. The van der Waals surface area contributed by atoms with Gasteiger partial charge in [-0.15, -0.1) is 0 Å². The number of H-pyrrole nitrogens is 1. The Labute approximate surface area is 255 Å². The molecule has 0 aliphatic rings. The number of hydrogen-bond donors (Lipinski definition) is 9. The van der Waals surface area contributed by atoms with E-state index in [9.17, 15) is 24.3 Å². The van der Waals surface area contributed by atoms with Gasteiger partial charge in [-0.3, -0.25) is 19.4 Å². The number of carboxylic acid groups (broad SMARTS) is 1. The van der Waals surface area contributed by atoms with Crippen LogP contribution in [0.3, 0.4) is 0 Å². The van der Waals surface area contributed by atoms with Gasteiger partial charge in [-0.2, -0.15) is 11.8 Å². The first kappa shape index (κ1) is 35.4. The van der Waals surface area contributed by atoms with E-state index in [0.29, 0.717) is 38.0 Å². The Morgan fingerprint density at radius 1 is 0.930 bits per heavy atom. The zero-order valence-electron chi connectivity index (χ0n) is 24.5. The third kappa shape index (κ3) is 12.1. The van der Waals surface area contributed by atoms with E-state index in [1.54, 1.807) is 18.0 Å². The van der Waals surface area contributed by atoms with Gasteiger partial charge in [0, 0.05) is 30.1 Å². The second-order valence-electron chi connectivity index (χ2n) is 10.2. The molecule has 43 heavy (non-hydrogen) atoms. The number of nitrogens with two attached hydrogens (primary N) is 4. The van der Waals surface area contributed by atoms with Crippen LogP contribution in [0.25, 0.3) is 10.9 Å². The first-order valence-electron chi connectivity index (χ1n) is 14.3. The van der Waals surface area contributed by atoms with Gasteiger partial charge in [-0.25, -0.2) is 4.79 Å². The number of para-hydroxylation sites is 1.